The second-order valence-corrected chi connectivity index (χ2v) is 11.1. The van der Waals surface area contributed by atoms with E-state index in [2.05, 4.69) is 5.32 Å². The zero-order chi connectivity index (χ0) is 24.6. The number of rotatable bonds is 5. The van der Waals surface area contributed by atoms with Crippen LogP contribution >= 0.6 is 34.5 Å². The van der Waals surface area contributed by atoms with Crippen molar-refractivity contribution >= 4 is 73.8 Å². The molecular weight excluding hydrogens is 525 g/mol. The largest absolute Gasteiger partial charge is 0.497 e. The number of nitrogens with zero attached hydrogens (tertiary/aromatic N) is 1. The SMILES string of the molecule is COc1ccc2c(c1)CC(=O)N(c1ccc(NC(=O)NS(=O)(=O)c3ccc(Cl)s3)cc1Cl)C2=O. The lowest BCUT2D eigenvalue weighted by Gasteiger charge is -2.28. The minimum atomic E-state index is -4.11. The van der Waals surface area contributed by atoms with Crippen LogP contribution < -0.4 is 19.7 Å². The lowest BCUT2D eigenvalue weighted by molar-refractivity contribution is -0.117. The van der Waals surface area contributed by atoms with Crippen LogP contribution in [0.25, 0.3) is 0 Å². The van der Waals surface area contributed by atoms with Crippen molar-refractivity contribution < 1.29 is 27.5 Å². The maximum atomic E-state index is 13.0. The van der Waals surface area contributed by atoms with Gasteiger partial charge in [0.15, 0.2) is 0 Å². The summed E-state index contributed by atoms with van der Waals surface area (Å²) >= 11 is 12.9. The molecule has 13 heteroatoms. The Morgan fingerprint density at radius 2 is 1.85 bits per heavy atom. The molecule has 0 bridgehead atoms. The molecule has 0 spiro atoms. The van der Waals surface area contributed by atoms with Gasteiger partial charge in [0.05, 0.1) is 28.6 Å². The fourth-order valence-corrected chi connectivity index (χ4v) is 5.96. The average molecular weight is 540 g/mol. The molecule has 0 saturated carbocycles. The summed E-state index contributed by atoms with van der Waals surface area (Å²) in [7, 11) is -2.62. The number of carbonyl (C=O) groups is 3. The maximum absolute atomic E-state index is 13.0. The predicted octanol–water partition coefficient (Wildman–Crippen LogP) is 4.30. The second-order valence-electron chi connectivity index (χ2n) is 7.02. The third kappa shape index (κ3) is 4.73. The van der Waals surface area contributed by atoms with E-state index in [1.165, 1.54) is 37.4 Å². The topological polar surface area (TPSA) is 122 Å². The molecule has 4 amide bonds. The van der Waals surface area contributed by atoms with E-state index in [-0.39, 0.29) is 31.4 Å². The van der Waals surface area contributed by atoms with Crippen molar-refractivity contribution in [2.45, 2.75) is 10.6 Å². The zero-order valence-corrected chi connectivity index (χ0v) is 20.4. The fraction of sp³-hybridized carbons (Fsp3) is 0.0952. The quantitative estimate of drug-likeness (QED) is 0.466. The number of ether oxygens (including phenoxy) is 1. The molecule has 34 heavy (non-hydrogen) atoms. The molecule has 2 N–H and O–H groups in total. The molecule has 0 aliphatic carbocycles. The van der Waals surface area contributed by atoms with E-state index in [0.29, 0.717) is 16.9 Å². The van der Waals surface area contributed by atoms with Crippen molar-refractivity contribution in [2.24, 2.45) is 0 Å². The van der Waals surface area contributed by atoms with E-state index in [4.69, 9.17) is 27.9 Å². The molecular formula is C21H15Cl2N3O6S2. The Balaban J connectivity index is 1.52. The van der Waals surface area contributed by atoms with Gasteiger partial charge < -0.3 is 10.1 Å². The number of hydrogen-bond acceptors (Lipinski definition) is 7. The summed E-state index contributed by atoms with van der Waals surface area (Å²) in [5.74, 6) is -0.495. The highest BCUT2D eigenvalue weighted by atomic mass is 35.5. The lowest BCUT2D eigenvalue weighted by atomic mass is 9.97. The number of fused-ring (bicyclic) bond motifs is 1. The third-order valence-corrected chi connectivity index (χ3v) is 8.18. The van der Waals surface area contributed by atoms with Gasteiger partial charge >= 0.3 is 6.03 Å². The Bertz CT molecular complexity index is 1440. The third-order valence-electron chi connectivity index (χ3n) is 4.82. The van der Waals surface area contributed by atoms with Crippen molar-refractivity contribution in [1.82, 2.24) is 4.72 Å². The van der Waals surface area contributed by atoms with E-state index in [1.54, 1.807) is 18.2 Å². The van der Waals surface area contributed by atoms with E-state index in [0.717, 1.165) is 16.2 Å². The van der Waals surface area contributed by atoms with Crippen LogP contribution in [0.5, 0.6) is 5.75 Å². The summed E-state index contributed by atoms with van der Waals surface area (Å²) in [5, 5.41) is 2.36. The number of benzene rings is 2. The van der Waals surface area contributed by atoms with Gasteiger partial charge in [-0.1, -0.05) is 23.2 Å². The van der Waals surface area contributed by atoms with E-state index in [9.17, 15) is 22.8 Å². The van der Waals surface area contributed by atoms with Gasteiger partial charge in [0.2, 0.25) is 5.91 Å². The van der Waals surface area contributed by atoms with Crippen LogP contribution in [0.1, 0.15) is 15.9 Å². The monoisotopic (exact) mass is 539 g/mol. The van der Waals surface area contributed by atoms with Crippen LogP contribution in [-0.4, -0.2) is 33.4 Å². The Kier molecular flexibility index (Phi) is 6.54. The number of nitrogens with one attached hydrogen (secondary N) is 2. The predicted molar refractivity (Wildman–Crippen MR) is 129 cm³/mol. The lowest BCUT2D eigenvalue weighted by Crippen LogP contribution is -2.42. The smallest absolute Gasteiger partial charge is 0.333 e. The van der Waals surface area contributed by atoms with Crippen molar-refractivity contribution in [3.63, 3.8) is 0 Å². The van der Waals surface area contributed by atoms with Gasteiger partial charge in [-0.2, -0.15) is 0 Å². The van der Waals surface area contributed by atoms with Crippen LogP contribution in [-0.2, 0) is 21.2 Å². The second kappa shape index (κ2) is 9.26. The molecule has 4 rings (SSSR count). The van der Waals surface area contributed by atoms with Gasteiger partial charge in [-0.25, -0.2) is 22.8 Å². The molecule has 9 nitrogen and oxygen atoms in total. The number of halogens is 2. The summed E-state index contributed by atoms with van der Waals surface area (Å²) in [5.41, 5.74) is 1.17. The maximum Gasteiger partial charge on any atom is 0.333 e. The van der Waals surface area contributed by atoms with Crippen LogP contribution in [0.15, 0.2) is 52.7 Å². The van der Waals surface area contributed by atoms with Crippen LogP contribution in [0, 0.1) is 0 Å². The van der Waals surface area contributed by atoms with E-state index >= 15 is 0 Å². The average Bonchev–Trinajstić information content (AvgIpc) is 3.21. The summed E-state index contributed by atoms with van der Waals surface area (Å²) in [6, 6.07) is 10.5. The molecule has 0 radical (unpaired) electrons. The summed E-state index contributed by atoms with van der Waals surface area (Å²) < 4.78 is 31.6. The molecule has 1 aliphatic rings. The first-order valence-corrected chi connectivity index (χ1v) is 12.6. The Hall–Kier alpha value is -3.12. The van der Waals surface area contributed by atoms with Crippen LogP contribution in [0.4, 0.5) is 16.2 Å². The molecule has 0 atom stereocenters. The molecule has 2 aromatic carbocycles. The van der Waals surface area contributed by atoms with Crippen molar-refractivity contribution in [3.8, 4) is 5.75 Å². The van der Waals surface area contributed by atoms with Gasteiger partial charge in [0.25, 0.3) is 15.9 Å². The van der Waals surface area contributed by atoms with Crippen LogP contribution in [0.3, 0.4) is 0 Å². The molecule has 0 saturated heterocycles. The highest BCUT2D eigenvalue weighted by Crippen LogP contribution is 2.34. The van der Waals surface area contributed by atoms with Crippen molar-refractivity contribution in [3.05, 3.63) is 69.0 Å². The first-order valence-electron chi connectivity index (χ1n) is 9.52. The summed E-state index contributed by atoms with van der Waals surface area (Å²) in [6.45, 7) is 0. The van der Waals surface area contributed by atoms with Gasteiger partial charge in [-0.3, -0.25) is 9.59 Å². The highest BCUT2D eigenvalue weighted by molar-refractivity contribution is 7.92. The molecule has 2 heterocycles. The number of hydrogen-bond donors (Lipinski definition) is 2. The van der Waals surface area contributed by atoms with E-state index in [1.807, 2.05) is 4.72 Å². The number of amides is 4. The standard InChI is InChI=1S/C21H15Cl2N3O6S2/c1-32-13-3-4-14-11(8-13)9-18(27)26(20(14)28)16-5-2-12(10-15(16)22)24-21(29)25-34(30,31)19-7-6-17(23)33-19/h2-8,10H,9H2,1H3,(H2,24,25,29). The number of methoxy groups -OCH3 is 1. The minimum absolute atomic E-state index is 0.00403. The molecule has 0 fully saturated rings. The Labute approximate surface area is 208 Å². The molecule has 1 aliphatic heterocycles. The highest BCUT2D eigenvalue weighted by Gasteiger charge is 2.33. The first-order chi connectivity index (χ1) is 16.1. The Morgan fingerprint density at radius 1 is 1.09 bits per heavy atom. The van der Waals surface area contributed by atoms with Gasteiger partial charge in [0, 0.05) is 11.3 Å². The minimum Gasteiger partial charge on any atom is -0.497 e. The molecule has 3 aromatic rings. The van der Waals surface area contributed by atoms with E-state index < -0.39 is 27.9 Å². The first kappa shape index (κ1) is 24.0. The number of anilines is 2. The number of urea groups is 1. The summed E-state index contributed by atoms with van der Waals surface area (Å²) in [6.07, 6.45) is -0.0262. The van der Waals surface area contributed by atoms with Crippen molar-refractivity contribution in [2.75, 3.05) is 17.3 Å². The van der Waals surface area contributed by atoms with Gasteiger partial charge in [-0.05, 0) is 54.1 Å². The number of sulfonamides is 1. The number of imide groups is 1. The van der Waals surface area contributed by atoms with Crippen LogP contribution in [0.2, 0.25) is 9.36 Å². The van der Waals surface area contributed by atoms with Gasteiger partial charge in [0.1, 0.15) is 9.96 Å². The Morgan fingerprint density at radius 3 is 2.50 bits per heavy atom. The zero-order valence-electron chi connectivity index (χ0n) is 17.3. The van der Waals surface area contributed by atoms with Gasteiger partial charge in [-0.15, -0.1) is 11.3 Å². The fourth-order valence-electron chi connectivity index (χ4n) is 3.31. The normalized spacial score (nSPS) is 13.4. The molecule has 176 valence electrons. The van der Waals surface area contributed by atoms with Crippen molar-refractivity contribution in [1.29, 1.82) is 0 Å². The molecule has 0 unspecified atom stereocenters. The summed E-state index contributed by atoms with van der Waals surface area (Å²) in [4.78, 5) is 38.9. The number of carbonyl (C=O) groups excluding carboxylic acids is 3. The molecule has 1 aromatic heterocycles. The number of thiophene rings is 1.